The number of para-hydroxylation sites is 2. The van der Waals surface area contributed by atoms with E-state index in [0.717, 1.165) is 5.69 Å². The number of hydrogen-bond acceptors (Lipinski definition) is 5. The summed E-state index contributed by atoms with van der Waals surface area (Å²) in [5.74, 6) is 1.05. The van der Waals surface area contributed by atoms with Crippen molar-refractivity contribution in [3.05, 3.63) is 84.7 Å². The maximum Gasteiger partial charge on any atom is 0.210 e. The lowest BCUT2D eigenvalue weighted by atomic mass is 10.3. The molecule has 0 spiro atoms. The van der Waals surface area contributed by atoms with Crippen molar-refractivity contribution in [3.8, 4) is 0 Å². The summed E-state index contributed by atoms with van der Waals surface area (Å²) in [5.41, 5.74) is 7.44. The number of nitrogens with one attached hydrogen (secondary N) is 2. The molecule has 1 aliphatic heterocycles. The van der Waals surface area contributed by atoms with E-state index in [-0.39, 0.29) is 11.9 Å². The maximum absolute atomic E-state index is 14.1. The molecular weight excluding hydrogens is 355 g/mol. The highest BCUT2D eigenvalue weighted by molar-refractivity contribution is 6.18. The van der Waals surface area contributed by atoms with Gasteiger partial charge in [0.05, 0.1) is 5.69 Å². The van der Waals surface area contributed by atoms with E-state index in [9.17, 15) is 4.39 Å². The predicted molar refractivity (Wildman–Crippen MR) is 113 cm³/mol. The number of anilines is 2. The predicted octanol–water partition coefficient (Wildman–Crippen LogP) is 4.10. The van der Waals surface area contributed by atoms with Gasteiger partial charge in [-0.15, -0.1) is 0 Å². The quantitative estimate of drug-likeness (QED) is 0.732. The van der Waals surface area contributed by atoms with Crippen LogP contribution in [0.2, 0.25) is 0 Å². The number of benzene rings is 2. The van der Waals surface area contributed by atoms with Gasteiger partial charge in [-0.1, -0.05) is 36.9 Å². The van der Waals surface area contributed by atoms with Crippen LogP contribution in [0.1, 0.15) is 13.8 Å². The van der Waals surface area contributed by atoms with E-state index >= 15 is 0 Å². The number of aliphatic imine (C=N–C) groups is 2. The summed E-state index contributed by atoms with van der Waals surface area (Å²) in [6.45, 7) is 7.95. The number of nitrogens with zero attached hydrogens (tertiary/aromatic N) is 3. The fraction of sp³-hybridized carbons (Fsp3) is 0.143. The molecule has 0 aliphatic carbocycles. The first-order chi connectivity index (χ1) is 13.5. The fourth-order valence-corrected chi connectivity index (χ4v) is 2.77. The number of hydrogen-bond donors (Lipinski definition) is 3. The molecule has 4 N–H and O–H groups in total. The Morgan fingerprint density at radius 1 is 1.18 bits per heavy atom. The summed E-state index contributed by atoms with van der Waals surface area (Å²) < 4.78 is 14.1. The second kappa shape index (κ2) is 8.39. The Hall–Kier alpha value is -3.61. The lowest BCUT2D eigenvalue weighted by Gasteiger charge is -2.26. The van der Waals surface area contributed by atoms with E-state index in [1.807, 2.05) is 49.1 Å². The Morgan fingerprint density at radius 3 is 2.50 bits per heavy atom. The average Bonchev–Trinajstić information content (AvgIpc) is 3.01. The number of halogens is 1. The third-order valence-corrected chi connectivity index (χ3v) is 4.01. The number of amidine groups is 1. The summed E-state index contributed by atoms with van der Waals surface area (Å²) in [4.78, 5) is 10.9. The highest BCUT2D eigenvalue weighted by atomic mass is 19.1. The first-order valence-electron chi connectivity index (χ1n) is 8.91. The van der Waals surface area contributed by atoms with Crippen LogP contribution in [0.3, 0.4) is 0 Å². The smallest absolute Gasteiger partial charge is 0.210 e. The maximum atomic E-state index is 14.1. The SMILES string of the molecule is C=C(/N=C1\C(=C/N)N=C(Nc2ccccc2F)N1C(C)C)Nc1ccccc1. The van der Waals surface area contributed by atoms with Gasteiger partial charge >= 0.3 is 0 Å². The highest BCUT2D eigenvalue weighted by Gasteiger charge is 2.31. The third-order valence-electron chi connectivity index (χ3n) is 4.01. The van der Waals surface area contributed by atoms with Gasteiger partial charge in [-0.2, -0.15) is 0 Å². The zero-order valence-electron chi connectivity index (χ0n) is 15.9. The molecule has 0 aromatic heterocycles. The molecule has 1 aliphatic rings. The molecule has 28 heavy (non-hydrogen) atoms. The Kier molecular flexibility index (Phi) is 5.74. The Bertz CT molecular complexity index is 946. The molecule has 0 saturated carbocycles. The van der Waals surface area contributed by atoms with Crippen LogP contribution < -0.4 is 16.4 Å². The first kappa shape index (κ1) is 19.2. The van der Waals surface area contributed by atoms with E-state index in [0.29, 0.717) is 29.0 Å². The Balaban J connectivity index is 1.88. The van der Waals surface area contributed by atoms with E-state index < -0.39 is 0 Å². The van der Waals surface area contributed by atoms with Crippen LogP contribution >= 0.6 is 0 Å². The molecule has 0 saturated heterocycles. The number of nitrogens with two attached hydrogens (primary N) is 1. The highest BCUT2D eigenvalue weighted by Crippen LogP contribution is 2.23. The summed E-state index contributed by atoms with van der Waals surface area (Å²) in [6, 6.07) is 16.0. The van der Waals surface area contributed by atoms with E-state index in [1.54, 1.807) is 18.2 Å². The van der Waals surface area contributed by atoms with E-state index in [4.69, 9.17) is 5.73 Å². The summed E-state index contributed by atoms with van der Waals surface area (Å²) in [5, 5.41) is 6.17. The zero-order valence-corrected chi connectivity index (χ0v) is 15.9. The molecule has 1 heterocycles. The van der Waals surface area contributed by atoms with Crippen molar-refractivity contribution < 1.29 is 4.39 Å². The largest absolute Gasteiger partial charge is 0.403 e. The molecule has 7 heteroatoms. The van der Waals surface area contributed by atoms with Crippen LogP contribution in [0.4, 0.5) is 15.8 Å². The minimum absolute atomic E-state index is 0.00116. The fourth-order valence-electron chi connectivity index (χ4n) is 2.77. The minimum atomic E-state index is -0.368. The van der Waals surface area contributed by atoms with Crippen LogP contribution in [0, 0.1) is 5.82 Å². The summed E-state index contributed by atoms with van der Waals surface area (Å²) >= 11 is 0. The van der Waals surface area contributed by atoms with Crippen LogP contribution in [-0.4, -0.2) is 22.7 Å². The molecule has 3 rings (SSSR count). The number of guanidine groups is 1. The zero-order chi connectivity index (χ0) is 20.1. The Labute approximate surface area is 164 Å². The third kappa shape index (κ3) is 4.20. The van der Waals surface area contributed by atoms with Gasteiger partial charge < -0.3 is 16.4 Å². The Morgan fingerprint density at radius 2 is 1.86 bits per heavy atom. The summed E-state index contributed by atoms with van der Waals surface area (Å²) in [7, 11) is 0. The molecule has 0 bridgehead atoms. The van der Waals surface area contributed by atoms with Crippen molar-refractivity contribution in [3.63, 3.8) is 0 Å². The van der Waals surface area contributed by atoms with Gasteiger partial charge in [-0.05, 0) is 38.1 Å². The molecule has 0 radical (unpaired) electrons. The minimum Gasteiger partial charge on any atom is -0.403 e. The number of rotatable bonds is 5. The standard InChI is InChI=1S/C21H23FN6/c1-14(2)28-20(25-15(3)24-16-9-5-4-6-10-16)19(13-23)27-21(28)26-18-12-8-7-11-17(18)22/h4-14,24H,3,23H2,1-2H3,(H,26,27)/b19-13+,25-20+. The molecule has 2 aromatic rings. The average molecular weight is 378 g/mol. The molecule has 0 fully saturated rings. The normalized spacial score (nSPS) is 16.6. The molecule has 0 atom stereocenters. The van der Waals surface area contributed by atoms with Gasteiger partial charge in [0.15, 0.2) is 5.84 Å². The lowest BCUT2D eigenvalue weighted by molar-refractivity contribution is 0.507. The summed E-state index contributed by atoms with van der Waals surface area (Å²) in [6.07, 6.45) is 1.38. The van der Waals surface area contributed by atoms with E-state index in [1.165, 1.54) is 12.3 Å². The van der Waals surface area contributed by atoms with Crippen molar-refractivity contribution in [1.29, 1.82) is 0 Å². The van der Waals surface area contributed by atoms with Crippen LogP contribution in [0.15, 0.2) is 88.9 Å². The van der Waals surface area contributed by atoms with Gasteiger partial charge in [0, 0.05) is 17.9 Å². The first-order valence-corrected chi connectivity index (χ1v) is 8.91. The molecule has 2 aromatic carbocycles. The van der Waals surface area contributed by atoms with Crippen molar-refractivity contribution in [2.75, 3.05) is 10.6 Å². The van der Waals surface area contributed by atoms with Crippen molar-refractivity contribution in [2.24, 2.45) is 15.7 Å². The van der Waals surface area contributed by atoms with Crippen molar-refractivity contribution in [1.82, 2.24) is 4.90 Å². The van der Waals surface area contributed by atoms with Gasteiger partial charge in [0.1, 0.15) is 17.3 Å². The van der Waals surface area contributed by atoms with Gasteiger partial charge in [-0.25, -0.2) is 14.4 Å². The van der Waals surface area contributed by atoms with E-state index in [2.05, 4.69) is 27.2 Å². The second-order valence-electron chi connectivity index (χ2n) is 6.43. The molecule has 6 nitrogen and oxygen atoms in total. The topological polar surface area (TPSA) is 78.0 Å². The monoisotopic (exact) mass is 378 g/mol. The molecule has 144 valence electrons. The lowest BCUT2D eigenvalue weighted by Crippen LogP contribution is -2.42. The van der Waals surface area contributed by atoms with Gasteiger partial charge in [-0.3, -0.25) is 4.90 Å². The second-order valence-corrected chi connectivity index (χ2v) is 6.43. The molecular formula is C21H23FN6. The van der Waals surface area contributed by atoms with Gasteiger partial charge in [0.25, 0.3) is 0 Å². The van der Waals surface area contributed by atoms with Crippen molar-refractivity contribution >= 4 is 23.2 Å². The van der Waals surface area contributed by atoms with Crippen LogP contribution in [0.25, 0.3) is 0 Å². The van der Waals surface area contributed by atoms with Crippen molar-refractivity contribution in [2.45, 2.75) is 19.9 Å². The van der Waals surface area contributed by atoms with Crippen LogP contribution in [-0.2, 0) is 0 Å². The van der Waals surface area contributed by atoms with Gasteiger partial charge in [0.2, 0.25) is 5.96 Å². The molecule has 0 amide bonds. The molecule has 0 unspecified atom stereocenters. The van der Waals surface area contributed by atoms with Crippen LogP contribution in [0.5, 0.6) is 0 Å².